The van der Waals surface area contributed by atoms with Gasteiger partial charge in [0, 0.05) is 18.7 Å². The molecule has 1 N–H and O–H groups in total. The molecule has 0 aliphatic rings. The van der Waals surface area contributed by atoms with E-state index in [0.29, 0.717) is 5.56 Å². The van der Waals surface area contributed by atoms with E-state index in [-0.39, 0.29) is 11.7 Å². The zero-order valence-corrected chi connectivity index (χ0v) is 12.5. The monoisotopic (exact) mass is 283 g/mol. The van der Waals surface area contributed by atoms with Gasteiger partial charge in [-0.25, -0.2) is 0 Å². The van der Waals surface area contributed by atoms with Gasteiger partial charge in [0.15, 0.2) is 18.2 Å². The summed E-state index contributed by atoms with van der Waals surface area (Å²) in [5, 5.41) is 2.88. The largest absolute Gasteiger partial charge is 0.320 e. The summed E-state index contributed by atoms with van der Waals surface area (Å²) in [5.74, 6) is -0.137. The lowest BCUT2D eigenvalue weighted by Gasteiger charge is -2.09. The smallest absolute Gasteiger partial charge is 0.293 e. The first-order chi connectivity index (χ1) is 9.97. The third-order valence-electron chi connectivity index (χ3n) is 3.34. The van der Waals surface area contributed by atoms with E-state index in [2.05, 4.69) is 5.32 Å². The summed E-state index contributed by atoms with van der Waals surface area (Å²) >= 11 is 0. The number of carbonyl (C=O) groups excluding carboxylic acids is 2. The van der Waals surface area contributed by atoms with E-state index in [1.807, 2.05) is 31.2 Å². The van der Waals surface area contributed by atoms with E-state index in [4.69, 9.17) is 0 Å². The van der Waals surface area contributed by atoms with Gasteiger partial charge in [0.05, 0.1) is 5.56 Å². The first kappa shape index (κ1) is 14.9. The highest BCUT2D eigenvalue weighted by molar-refractivity contribution is 5.94. The lowest BCUT2D eigenvalue weighted by Crippen LogP contribution is -2.44. The number of carbonyl (C=O) groups is 2. The minimum Gasteiger partial charge on any atom is -0.320 e. The average Bonchev–Trinajstić information content (AvgIpc) is 2.46. The molecule has 0 saturated heterocycles. The van der Waals surface area contributed by atoms with Crippen molar-refractivity contribution < 1.29 is 14.2 Å². The van der Waals surface area contributed by atoms with Crippen molar-refractivity contribution in [2.45, 2.75) is 26.8 Å². The Morgan fingerprint density at radius 3 is 2.62 bits per heavy atom. The van der Waals surface area contributed by atoms with Gasteiger partial charge in [-0.1, -0.05) is 12.1 Å². The van der Waals surface area contributed by atoms with Crippen molar-refractivity contribution in [1.82, 2.24) is 0 Å². The van der Waals surface area contributed by atoms with Crippen LogP contribution in [0.2, 0.25) is 0 Å². The number of hydrogen-bond acceptors (Lipinski definition) is 2. The quantitative estimate of drug-likeness (QED) is 0.693. The van der Waals surface area contributed by atoms with Crippen molar-refractivity contribution in [3.05, 3.63) is 59.9 Å². The van der Waals surface area contributed by atoms with Crippen LogP contribution in [-0.2, 0) is 4.79 Å². The van der Waals surface area contributed by atoms with Crippen LogP contribution in [0.5, 0.6) is 0 Å². The molecule has 0 aliphatic carbocycles. The number of nitrogens with one attached hydrogen (secondary N) is 1. The molecule has 0 spiro atoms. The molecule has 0 aliphatic heterocycles. The topological polar surface area (TPSA) is 50.0 Å². The van der Waals surface area contributed by atoms with E-state index in [1.165, 1.54) is 6.92 Å². The van der Waals surface area contributed by atoms with E-state index >= 15 is 0 Å². The van der Waals surface area contributed by atoms with Crippen LogP contribution in [0.1, 0.15) is 35.8 Å². The Labute approximate surface area is 124 Å². The highest BCUT2D eigenvalue weighted by Gasteiger charge is 2.22. The summed E-state index contributed by atoms with van der Waals surface area (Å²) in [5.41, 5.74) is 2.45. The van der Waals surface area contributed by atoms with Crippen molar-refractivity contribution in [3.63, 3.8) is 0 Å². The average molecular weight is 283 g/mol. The molecule has 1 aromatic heterocycles. The molecule has 2 aromatic rings. The molecule has 0 saturated carbocycles. The lowest BCUT2D eigenvalue weighted by molar-refractivity contribution is -0.705. The fraction of sp³-hybridized carbons (Fsp3) is 0.235. The van der Waals surface area contributed by atoms with Crippen LogP contribution in [-0.4, -0.2) is 11.7 Å². The van der Waals surface area contributed by atoms with Gasteiger partial charge in [-0.15, -0.1) is 0 Å². The molecular formula is C17H19N2O2+. The van der Waals surface area contributed by atoms with Crippen LogP contribution in [0.3, 0.4) is 0 Å². The number of ketones is 1. The number of aromatic nitrogens is 1. The Hall–Kier alpha value is -2.49. The molecule has 2 rings (SSSR count). The Kier molecular flexibility index (Phi) is 4.48. The maximum atomic E-state index is 12.3. The fourth-order valence-corrected chi connectivity index (χ4v) is 2.05. The van der Waals surface area contributed by atoms with Crippen molar-refractivity contribution in [2.75, 3.05) is 5.32 Å². The maximum absolute atomic E-state index is 12.3. The number of benzene rings is 1. The number of pyridine rings is 1. The molecule has 0 unspecified atom stereocenters. The van der Waals surface area contributed by atoms with E-state index in [9.17, 15) is 9.59 Å². The molecule has 1 heterocycles. The Balaban J connectivity index is 2.15. The van der Waals surface area contributed by atoms with Crippen LogP contribution in [0.4, 0.5) is 5.69 Å². The van der Waals surface area contributed by atoms with Gasteiger partial charge in [0.2, 0.25) is 6.04 Å². The molecule has 0 radical (unpaired) electrons. The van der Waals surface area contributed by atoms with Gasteiger partial charge >= 0.3 is 0 Å². The highest BCUT2D eigenvalue weighted by atomic mass is 16.2. The van der Waals surface area contributed by atoms with Crippen molar-refractivity contribution >= 4 is 17.4 Å². The standard InChI is InChI=1S/C17H18N2O2/c1-12-6-4-8-16(10-12)18-17(21)13(2)19-9-5-7-15(11-19)14(3)20/h4-11,13H,1-3H3/p+1/t13-/m1/s1. The van der Waals surface area contributed by atoms with Crippen LogP contribution in [0, 0.1) is 6.92 Å². The second-order valence-electron chi connectivity index (χ2n) is 5.13. The molecular weight excluding hydrogens is 264 g/mol. The van der Waals surface area contributed by atoms with Gasteiger partial charge in [0.25, 0.3) is 5.91 Å². The molecule has 108 valence electrons. The molecule has 0 fully saturated rings. The highest BCUT2D eigenvalue weighted by Crippen LogP contribution is 2.11. The molecule has 1 aromatic carbocycles. The van der Waals surface area contributed by atoms with Crippen molar-refractivity contribution in [2.24, 2.45) is 0 Å². The van der Waals surface area contributed by atoms with Crippen LogP contribution < -0.4 is 9.88 Å². The minimum absolute atomic E-state index is 0.0179. The first-order valence-corrected chi connectivity index (χ1v) is 6.86. The van der Waals surface area contributed by atoms with Gasteiger partial charge in [-0.3, -0.25) is 9.59 Å². The number of Topliss-reactive ketones (excluding diaryl/α,β-unsaturated/α-hetero) is 1. The molecule has 4 heteroatoms. The Morgan fingerprint density at radius 2 is 1.95 bits per heavy atom. The third-order valence-corrected chi connectivity index (χ3v) is 3.34. The molecule has 1 amide bonds. The summed E-state index contributed by atoms with van der Waals surface area (Å²) in [6.45, 7) is 5.29. The normalized spacial score (nSPS) is 11.8. The zero-order chi connectivity index (χ0) is 15.4. The van der Waals surface area contributed by atoms with Crippen molar-refractivity contribution in [3.8, 4) is 0 Å². The number of aryl methyl sites for hydroxylation is 1. The lowest BCUT2D eigenvalue weighted by atomic mass is 10.2. The second-order valence-corrected chi connectivity index (χ2v) is 5.13. The summed E-state index contributed by atoms with van der Waals surface area (Å²) in [4.78, 5) is 23.7. The SMILES string of the molecule is CC(=O)c1ccc[n+]([C@H](C)C(=O)Nc2cccc(C)c2)c1. The van der Waals surface area contributed by atoms with E-state index in [0.717, 1.165) is 11.3 Å². The van der Waals surface area contributed by atoms with E-state index < -0.39 is 6.04 Å². The number of hydrogen-bond donors (Lipinski definition) is 1. The minimum atomic E-state index is -0.398. The molecule has 21 heavy (non-hydrogen) atoms. The van der Waals surface area contributed by atoms with Crippen LogP contribution >= 0.6 is 0 Å². The fourth-order valence-electron chi connectivity index (χ4n) is 2.05. The predicted octanol–water partition coefficient (Wildman–Crippen LogP) is 2.68. The molecule has 1 atom stereocenters. The van der Waals surface area contributed by atoms with Gasteiger partial charge in [-0.2, -0.15) is 4.57 Å². The summed E-state index contributed by atoms with van der Waals surface area (Å²) < 4.78 is 1.74. The summed E-state index contributed by atoms with van der Waals surface area (Å²) in [6.07, 6.45) is 3.48. The van der Waals surface area contributed by atoms with Crippen LogP contribution in [0.25, 0.3) is 0 Å². The van der Waals surface area contributed by atoms with Crippen molar-refractivity contribution in [1.29, 1.82) is 0 Å². The first-order valence-electron chi connectivity index (χ1n) is 6.86. The predicted molar refractivity (Wildman–Crippen MR) is 81.2 cm³/mol. The zero-order valence-electron chi connectivity index (χ0n) is 12.5. The number of anilines is 1. The number of rotatable bonds is 4. The third kappa shape index (κ3) is 3.75. The number of nitrogens with zero attached hydrogens (tertiary/aromatic N) is 1. The number of amides is 1. The van der Waals surface area contributed by atoms with E-state index in [1.54, 1.807) is 36.0 Å². The summed E-state index contributed by atoms with van der Waals surface area (Å²) in [6, 6.07) is 10.8. The molecule has 4 nitrogen and oxygen atoms in total. The molecule has 0 bridgehead atoms. The van der Waals surface area contributed by atoms with Crippen LogP contribution in [0.15, 0.2) is 48.8 Å². The van der Waals surface area contributed by atoms with Gasteiger partial charge in [-0.05, 0) is 37.6 Å². The maximum Gasteiger partial charge on any atom is 0.293 e. The summed E-state index contributed by atoms with van der Waals surface area (Å²) in [7, 11) is 0. The van der Waals surface area contributed by atoms with Gasteiger partial charge < -0.3 is 5.32 Å². The Bertz CT molecular complexity index is 680. The van der Waals surface area contributed by atoms with Gasteiger partial charge in [0.1, 0.15) is 0 Å². The second kappa shape index (κ2) is 6.31. The Morgan fingerprint density at radius 1 is 1.19 bits per heavy atom.